The highest BCUT2D eigenvalue weighted by Crippen LogP contribution is 2.17. The quantitative estimate of drug-likeness (QED) is 0.671. The maximum atomic E-state index is 13.1. The molecule has 8 nitrogen and oxygen atoms in total. The molecule has 2 aromatic carbocycles. The molecule has 0 saturated heterocycles. The van der Waals surface area contributed by atoms with Gasteiger partial charge in [-0.1, -0.05) is 24.3 Å². The molecule has 10 heteroatoms. The van der Waals surface area contributed by atoms with Crippen LogP contribution in [0, 0.1) is 18.6 Å². The minimum absolute atomic E-state index is 0.0824. The fourth-order valence-electron chi connectivity index (χ4n) is 2.38. The molecule has 28 heavy (non-hydrogen) atoms. The molecule has 1 aromatic heterocycles. The number of hydrogen-bond acceptors (Lipinski definition) is 5. The summed E-state index contributed by atoms with van der Waals surface area (Å²) in [6.45, 7) is 1.34. The second kappa shape index (κ2) is 8.33. The van der Waals surface area contributed by atoms with Gasteiger partial charge in [0.25, 0.3) is 0 Å². The average Bonchev–Trinajstić information content (AvgIpc) is 3.11. The monoisotopic (exact) mass is 386 g/mol. The number of rotatable bonds is 6. The van der Waals surface area contributed by atoms with Gasteiger partial charge in [-0.15, -0.1) is 10.2 Å². The number of aromatic nitrogens is 4. The van der Waals surface area contributed by atoms with Crippen LogP contribution in [0.25, 0.3) is 11.4 Å². The lowest BCUT2D eigenvalue weighted by atomic mass is 10.1. The van der Waals surface area contributed by atoms with Crippen molar-refractivity contribution in [1.29, 1.82) is 0 Å². The smallest absolute Gasteiger partial charge is 0.244 e. The van der Waals surface area contributed by atoms with Crippen molar-refractivity contribution in [1.82, 2.24) is 25.5 Å². The number of hydrogen-bond donors (Lipinski definition) is 2. The summed E-state index contributed by atoms with van der Waals surface area (Å²) in [5.74, 6) is -2.80. The van der Waals surface area contributed by atoms with Crippen molar-refractivity contribution in [3.63, 3.8) is 0 Å². The lowest BCUT2D eigenvalue weighted by Gasteiger charge is -2.07. The first-order valence-electron chi connectivity index (χ1n) is 8.28. The molecule has 2 amide bonds. The van der Waals surface area contributed by atoms with E-state index in [2.05, 4.69) is 26.0 Å². The van der Waals surface area contributed by atoms with Gasteiger partial charge in [-0.3, -0.25) is 9.59 Å². The second-order valence-corrected chi connectivity index (χ2v) is 5.91. The van der Waals surface area contributed by atoms with Gasteiger partial charge in [0.15, 0.2) is 11.6 Å². The lowest BCUT2D eigenvalue weighted by Crippen LogP contribution is -2.35. The molecule has 3 rings (SSSR count). The predicted octanol–water partition coefficient (Wildman–Crippen LogP) is 1.68. The van der Waals surface area contributed by atoms with Gasteiger partial charge < -0.3 is 10.6 Å². The summed E-state index contributed by atoms with van der Waals surface area (Å²) in [5.41, 5.74) is 1.86. The molecule has 0 aliphatic rings. The Kier molecular flexibility index (Phi) is 5.68. The molecular formula is C18H16F2N6O2. The molecular weight excluding hydrogens is 370 g/mol. The fraction of sp³-hybridized carbons (Fsp3) is 0.167. The Bertz CT molecular complexity index is 1020. The van der Waals surface area contributed by atoms with E-state index in [1.54, 1.807) is 0 Å². The lowest BCUT2D eigenvalue weighted by molar-refractivity contribution is -0.124. The second-order valence-electron chi connectivity index (χ2n) is 5.91. The number of tetrazole rings is 1. The van der Waals surface area contributed by atoms with E-state index >= 15 is 0 Å². The first kappa shape index (κ1) is 19.1. The zero-order chi connectivity index (χ0) is 20.1. The molecule has 0 unspecified atom stereocenters. The highest BCUT2D eigenvalue weighted by molar-refractivity contribution is 5.94. The molecule has 0 atom stereocenters. The summed E-state index contributed by atoms with van der Waals surface area (Å²) in [6.07, 6.45) is 0. The minimum Gasteiger partial charge on any atom is -0.345 e. The summed E-state index contributed by atoms with van der Waals surface area (Å²) >= 11 is 0. The van der Waals surface area contributed by atoms with E-state index in [1.807, 2.05) is 31.2 Å². The average molecular weight is 386 g/mol. The Morgan fingerprint density at radius 1 is 1.07 bits per heavy atom. The van der Waals surface area contributed by atoms with Crippen LogP contribution in [0.2, 0.25) is 0 Å². The Morgan fingerprint density at radius 2 is 1.86 bits per heavy atom. The molecule has 0 radical (unpaired) electrons. The van der Waals surface area contributed by atoms with E-state index in [0.29, 0.717) is 5.82 Å². The van der Waals surface area contributed by atoms with Crippen LogP contribution in [0.5, 0.6) is 0 Å². The molecule has 0 aliphatic carbocycles. The fourth-order valence-corrected chi connectivity index (χ4v) is 2.38. The first-order valence-corrected chi connectivity index (χ1v) is 8.28. The number of amides is 2. The van der Waals surface area contributed by atoms with Crippen LogP contribution in [-0.4, -0.2) is 38.6 Å². The van der Waals surface area contributed by atoms with Crippen molar-refractivity contribution in [3.05, 3.63) is 59.7 Å². The maximum Gasteiger partial charge on any atom is 0.244 e. The maximum absolute atomic E-state index is 13.1. The Balaban J connectivity index is 1.51. The zero-order valence-corrected chi connectivity index (χ0v) is 14.8. The third-order valence-corrected chi connectivity index (χ3v) is 3.77. The SMILES string of the molecule is Cc1ccccc1-c1nnn(CC(=O)NCC(=O)Nc2ccc(F)c(F)c2)n1. The van der Waals surface area contributed by atoms with Crippen LogP contribution in [0.15, 0.2) is 42.5 Å². The van der Waals surface area contributed by atoms with E-state index < -0.39 is 23.4 Å². The normalized spacial score (nSPS) is 10.5. The molecule has 0 fully saturated rings. The van der Waals surface area contributed by atoms with Gasteiger partial charge in [0, 0.05) is 17.3 Å². The molecule has 144 valence electrons. The van der Waals surface area contributed by atoms with Crippen LogP contribution in [0.4, 0.5) is 14.5 Å². The molecule has 3 aromatic rings. The van der Waals surface area contributed by atoms with E-state index in [9.17, 15) is 18.4 Å². The topological polar surface area (TPSA) is 102 Å². The van der Waals surface area contributed by atoms with Crippen LogP contribution in [-0.2, 0) is 16.1 Å². The van der Waals surface area contributed by atoms with Crippen molar-refractivity contribution < 1.29 is 18.4 Å². The highest BCUT2D eigenvalue weighted by Gasteiger charge is 2.12. The summed E-state index contributed by atoms with van der Waals surface area (Å²) in [5, 5.41) is 16.6. The number of benzene rings is 2. The third kappa shape index (κ3) is 4.72. The summed E-state index contributed by atoms with van der Waals surface area (Å²) in [6, 6.07) is 10.5. The zero-order valence-electron chi connectivity index (χ0n) is 14.8. The number of nitrogens with one attached hydrogen (secondary N) is 2. The van der Waals surface area contributed by atoms with Crippen molar-refractivity contribution in [3.8, 4) is 11.4 Å². The molecule has 0 aliphatic heterocycles. The largest absolute Gasteiger partial charge is 0.345 e. The van der Waals surface area contributed by atoms with Crippen molar-refractivity contribution in [2.75, 3.05) is 11.9 Å². The molecule has 0 bridgehead atoms. The van der Waals surface area contributed by atoms with E-state index in [4.69, 9.17) is 0 Å². The van der Waals surface area contributed by atoms with Crippen molar-refractivity contribution in [2.24, 2.45) is 0 Å². The third-order valence-electron chi connectivity index (χ3n) is 3.77. The van der Waals surface area contributed by atoms with E-state index in [0.717, 1.165) is 28.1 Å². The van der Waals surface area contributed by atoms with E-state index in [-0.39, 0.29) is 18.8 Å². The van der Waals surface area contributed by atoms with E-state index in [1.165, 1.54) is 6.07 Å². The number of nitrogens with zero attached hydrogens (tertiary/aromatic N) is 4. The van der Waals surface area contributed by atoms with Gasteiger partial charge in [-0.2, -0.15) is 4.80 Å². The first-order chi connectivity index (χ1) is 13.4. The molecule has 0 saturated carbocycles. The predicted molar refractivity (Wildman–Crippen MR) is 96.0 cm³/mol. The number of anilines is 1. The van der Waals surface area contributed by atoms with Gasteiger partial charge in [-0.25, -0.2) is 8.78 Å². The van der Waals surface area contributed by atoms with Crippen LogP contribution < -0.4 is 10.6 Å². The molecule has 1 heterocycles. The highest BCUT2D eigenvalue weighted by atomic mass is 19.2. The Hall–Kier alpha value is -3.69. The Labute approximate surface area is 158 Å². The van der Waals surface area contributed by atoms with Crippen molar-refractivity contribution in [2.45, 2.75) is 13.5 Å². The van der Waals surface area contributed by atoms with Gasteiger partial charge in [0.2, 0.25) is 17.6 Å². The van der Waals surface area contributed by atoms with Crippen LogP contribution in [0.1, 0.15) is 5.56 Å². The summed E-state index contributed by atoms with van der Waals surface area (Å²) in [7, 11) is 0. The van der Waals surface area contributed by atoms with Crippen molar-refractivity contribution >= 4 is 17.5 Å². The number of carbonyl (C=O) groups excluding carboxylic acids is 2. The number of carbonyl (C=O) groups is 2. The van der Waals surface area contributed by atoms with Gasteiger partial charge >= 0.3 is 0 Å². The van der Waals surface area contributed by atoms with Crippen LogP contribution >= 0.6 is 0 Å². The molecule has 2 N–H and O–H groups in total. The van der Waals surface area contributed by atoms with Gasteiger partial charge in [-0.05, 0) is 29.8 Å². The van der Waals surface area contributed by atoms with Gasteiger partial charge in [0.1, 0.15) is 6.54 Å². The summed E-state index contributed by atoms with van der Waals surface area (Å²) < 4.78 is 26.0. The van der Waals surface area contributed by atoms with Crippen LogP contribution in [0.3, 0.4) is 0 Å². The Morgan fingerprint density at radius 3 is 2.61 bits per heavy atom. The summed E-state index contributed by atoms with van der Waals surface area (Å²) in [4.78, 5) is 24.9. The molecule has 0 spiro atoms. The minimum atomic E-state index is -1.08. The standard InChI is InChI=1S/C18H16F2N6O2/c1-11-4-2-3-5-13(11)18-23-25-26(24-18)10-17(28)21-9-16(27)22-12-6-7-14(19)15(20)8-12/h2-8H,9-10H2,1H3,(H,21,28)(H,22,27). The van der Waals surface area contributed by atoms with Gasteiger partial charge in [0.05, 0.1) is 6.54 Å². The number of aryl methyl sites for hydroxylation is 1. The number of halogens is 2.